The van der Waals surface area contributed by atoms with Crippen LogP contribution in [0.25, 0.3) is 0 Å². The predicted octanol–water partition coefficient (Wildman–Crippen LogP) is 5.55. The minimum Gasteiger partial charge on any atom is -0.349 e. The van der Waals surface area contributed by atoms with Crippen LogP contribution in [0.3, 0.4) is 0 Å². The van der Waals surface area contributed by atoms with Crippen LogP contribution in [-0.2, 0) is 0 Å². The minimum atomic E-state index is 0.0261. The van der Waals surface area contributed by atoms with E-state index in [-0.39, 0.29) is 17.4 Å². The van der Waals surface area contributed by atoms with Gasteiger partial charge in [-0.3, -0.25) is 4.79 Å². The first-order chi connectivity index (χ1) is 9.77. The molecule has 2 unspecified atom stereocenters. The molecular weight excluding hydrogens is 394 g/mol. The van der Waals surface area contributed by atoms with Crippen molar-refractivity contribution >= 4 is 37.8 Å². The molecule has 116 valence electrons. The van der Waals surface area contributed by atoms with E-state index >= 15 is 0 Å². The third kappa shape index (κ3) is 4.56. The molecule has 0 radical (unpaired) electrons. The minimum absolute atomic E-state index is 0.0261. The molecule has 2 atom stereocenters. The Balaban J connectivity index is 2.13. The van der Waals surface area contributed by atoms with Crippen LogP contribution in [0.5, 0.6) is 0 Å². The number of carbonyl (C=O) groups is 1. The molecule has 1 aromatic rings. The number of nitrogens with one attached hydrogen (secondary N) is 1. The highest BCUT2D eigenvalue weighted by molar-refractivity contribution is 9.11. The maximum absolute atomic E-state index is 12.5. The van der Waals surface area contributed by atoms with Gasteiger partial charge in [-0.15, -0.1) is 0 Å². The van der Waals surface area contributed by atoms with Crippen molar-refractivity contribution in [1.82, 2.24) is 5.32 Å². The van der Waals surface area contributed by atoms with Crippen LogP contribution in [0.2, 0.25) is 0 Å². The first-order valence-electron chi connectivity index (χ1n) is 7.54. The molecule has 1 amide bonds. The Labute approximate surface area is 144 Å². The molecular formula is C17H23Br2NO. The summed E-state index contributed by atoms with van der Waals surface area (Å²) >= 11 is 6.88. The fourth-order valence-electron chi connectivity index (χ4n) is 3.28. The average molecular weight is 417 g/mol. The van der Waals surface area contributed by atoms with E-state index in [2.05, 4.69) is 57.9 Å². The van der Waals surface area contributed by atoms with Crippen LogP contribution in [0.1, 0.15) is 56.8 Å². The molecule has 4 heteroatoms. The standard InChI is InChI=1S/C17H23Br2NO/c1-17(2,3)14-6-4-5-7-15(14)20-16(21)11-8-12(18)10-13(19)9-11/h8-10,14-15H,4-7H2,1-3H3,(H,20,21). The summed E-state index contributed by atoms with van der Waals surface area (Å²) in [7, 11) is 0. The van der Waals surface area contributed by atoms with E-state index in [9.17, 15) is 4.79 Å². The zero-order valence-corrected chi connectivity index (χ0v) is 16.1. The van der Waals surface area contributed by atoms with Gasteiger partial charge in [-0.25, -0.2) is 0 Å². The van der Waals surface area contributed by atoms with Gasteiger partial charge in [-0.05, 0) is 42.4 Å². The quantitative estimate of drug-likeness (QED) is 0.672. The van der Waals surface area contributed by atoms with Gasteiger partial charge in [0.2, 0.25) is 0 Å². The lowest BCUT2D eigenvalue weighted by molar-refractivity contribution is 0.0830. The van der Waals surface area contributed by atoms with Gasteiger partial charge in [0.05, 0.1) is 0 Å². The second kappa shape index (κ2) is 6.82. The van der Waals surface area contributed by atoms with Crippen LogP contribution in [0.15, 0.2) is 27.1 Å². The van der Waals surface area contributed by atoms with Crippen molar-refractivity contribution in [3.63, 3.8) is 0 Å². The SMILES string of the molecule is CC(C)(C)C1CCCCC1NC(=O)c1cc(Br)cc(Br)c1. The second-order valence-corrected chi connectivity index (χ2v) is 8.83. The van der Waals surface area contributed by atoms with Gasteiger partial charge in [0, 0.05) is 20.6 Å². The van der Waals surface area contributed by atoms with Gasteiger partial charge in [0.25, 0.3) is 5.91 Å². The number of amides is 1. The Kier molecular flexibility index (Phi) is 5.53. The van der Waals surface area contributed by atoms with Gasteiger partial charge in [-0.2, -0.15) is 0 Å². The summed E-state index contributed by atoms with van der Waals surface area (Å²) in [6.45, 7) is 6.83. The van der Waals surface area contributed by atoms with Gasteiger partial charge in [-0.1, -0.05) is 65.5 Å². The molecule has 1 aliphatic rings. The van der Waals surface area contributed by atoms with Crippen molar-refractivity contribution in [2.45, 2.75) is 52.5 Å². The van der Waals surface area contributed by atoms with E-state index in [1.807, 2.05) is 18.2 Å². The smallest absolute Gasteiger partial charge is 0.251 e. The Hall–Kier alpha value is -0.350. The fraction of sp³-hybridized carbons (Fsp3) is 0.588. The molecule has 1 aromatic carbocycles. The van der Waals surface area contributed by atoms with Crippen molar-refractivity contribution in [1.29, 1.82) is 0 Å². The van der Waals surface area contributed by atoms with Crippen molar-refractivity contribution in [3.8, 4) is 0 Å². The lowest BCUT2D eigenvalue weighted by Gasteiger charge is -2.40. The Morgan fingerprint density at radius 2 is 1.67 bits per heavy atom. The lowest BCUT2D eigenvalue weighted by Crippen LogP contribution is -2.46. The van der Waals surface area contributed by atoms with E-state index in [1.165, 1.54) is 19.3 Å². The van der Waals surface area contributed by atoms with E-state index in [0.29, 0.717) is 11.5 Å². The summed E-state index contributed by atoms with van der Waals surface area (Å²) in [6.07, 6.45) is 4.77. The number of rotatable bonds is 2. The maximum Gasteiger partial charge on any atom is 0.251 e. The van der Waals surface area contributed by atoms with Crippen molar-refractivity contribution in [2.24, 2.45) is 11.3 Å². The molecule has 21 heavy (non-hydrogen) atoms. The van der Waals surface area contributed by atoms with E-state index in [1.54, 1.807) is 0 Å². The molecule has 1 N–H and O–H groups in total. The summed E-state index contributed by atoms with van der Waals surface area (Å²) < 4.78 is 1.83. The predicted molar refractivity (Wildman–Crippen MR) is 94.5 cm³/mol. The zero-order chi connectivity index (χ0) is 15.6. The Morgan fingerprint density at radius 3 is 2.24 bits per heavy atom. The van der Waals surface area contributed by atoms with E-state index in [0.717, 1.165) is 15.4 Å². The van der Waals surface area contributed by atoms with Crippen LogP contribution < -0.4 is 5.32 Å². The highest BCUT2D eigenvalue weighted by atomic mass is 79.9. The van der Waals surface area contributed by atoms with Gasteiger partial charge in [0.1, 0.15) is 0 Å². The van der Waals surface area contributed by atoms with Crippen molar-refractivity contribution < 1.29 is 4.79 Å². The lowest BCUT2D eigenvalue weighted by atomic mass is 9.69. The molecule has 2 rings (SSSR count). The summed E-state index contributed by atoms with van der Waals surface area (Å²) in [6, 6.07) is 5.96. The fourth-order valence-corrected chi connectivity index (χ4v) is 4.57. The summed E-state index contributed by atoms with van der Waals surface area (Å²) in [5.41, 5.74) is 0.936. The number of benzene rings is 1. The first-order valence-corrected chi connectivity index (χ1v) is 9.13. The van der Waals surface area contributed by atoms with Gasteiger partial charge >= 0.3 is 0 Å². The Morgan fingerprint density at radius 1 is 1.10 bits per heavy atom. The molecule has 0 spiro atoms. The van der Waals surface area contributed by atoms with Crippen LogP contribution in [0.4, 0.5) is 0 Å². The normalized spacial score (nSPS) is 22.9. The zero-order valence-electron chi connectivity index (χ0n) is 12.9. The van der Waals surface area contributed by atoms with Gasteiger partial charge in [0.15, 0.2) is 0 Å². The third-order valence-corrected chi connectivity index (χ3v) is 5.24. The monoisotopic (exact) mass is 415 g/mol. The molecule has 1 fully saturated rings. The summed E-state index contributed by atoms with van der Waals surface area (Å²) in [5, 5.41) is 3.27. The average Bonchev–Trinajstić information content (AvgIpc) is 2.37. The van der Waals surface area contributed by atoms with Crippen LogP contribution in [0, 0.1) is 11.3 Å². The molecule has 1 saturated carbocycles. The number of hydrogen-bond acceptors (Lipinski definition) is 1. The van der Waals surface area contributed by atoms with E-state index < -0.39 is 0 Å². The first kappa shape index (κ1) is 17.0. The largest absolute Gasteiger partial charge is 0.349 e. The molecule has 0 aromatic heterocycles. The highest BCUT2D eigenvalue weighted by Crippen LogP contribution is 2.38. The van der Waals surface area contributed by atoms with Crippen molar-refractivity contribution in [2.75, 3.05) is 0 Å². The number of hydrogen-bond donors (Lipinski definition) is 1. The molecule has 0 aliphatic heterocycles. The third-order valence-electron chi connectivity index (χ3n) is 4.32. The van der Waals surface area contributed by atoms with Crippen LogP contribution in [-0.4, -0.2) is 11.9 Å². The second-order valence-electron chi connectivity index (χ2n) is 7.00. The number of carbonyl (C=O) groups excluding carboxylic acids is 1. The molecule has 0 bridgehead atoms. The molecule has 2 nitrogen and oxygen atoms in total. The maximum atomic E-state index is 12.5. The van der Waals surface area contributed by atoms with E-state index in [4.69, 9.17) is 0 Å². The van der Waals surface area contributed by atoms with Crippen LogP contribution >= 0.6 is 31.9 Å². The molecule has 0 heterocycles. The summed E-state index contributed by atoms with van der Waals surface area (Å²) in [4.78, 5) is 12.5. The molecule has 0 saturated heterocycles. The number of halogens is 2. The topological polar surface area (TPSA) is 29.1 Å². The van der Waals surface area contributed by atoms with Crippen molar-refractivity contribution in [3.05, 3.63) is 32.7 Å². The summed E-state index contributed by atoms with van der Waals surface area (Å²) in [5.74, 6) is 0.573. The molecule has 1 aliphatic carbocycles. The highest BCUT2D eigenvalue weighted by Gasteiger charge is 2.35. The van der Waals surface area contributed by atoms with Gasteiger partial charge < -0.3 is 5.32 Å². The Bertz CT molecular complexity index is 502.